The molecule has 1 rings (SSSR count). The van der Waals surface area contributed by atoms with Crippen molar-refractivity contribution >= 4 is 0 Å². The third kappa shape index (κ3) is 3.01. The van der Waals surface area contributed by atoms with E-state index in [9.17, 15) is 5.11 Å². The van der Waals surface area contributed by atoms with Crippen LogP contribution in [-0.2, 0) is 0 Å². The first-order valence-electron chi connectivity index (χ1n) is 5.38. The summed E-state index contributed by atoms with van der Waals surface area (Å²) in [6, 6.07) is 6.11. The highest BCUT2D eigenvalue weighted by molar-refractivity contribution is 5.10. The second-order valence-corrected chi connectivity index (χ2v) is 4.01. The molecular formula is C12H20N2O. The lowest BCUT2D eigenvalue weighted by atomic mass is 9.94. The lowest BCUT2D eigenvalue weighted by molar-refractivity contribution is 0.128. The summed E-state index contributed by atoms with van der Waals surface area (Å²) in [6.07, 6.45) is 2.76. The molecule has 1 aromatic rings. The van der Waals surface area contributed by atoms with Gasteiger partial charge in [0.15, 0.2) is 0 Å². The monoisotopic (exact) mass is 208 g/mol. The Morgan fingerprint density at radius 1 is 1.40 bits per heavy atom. The van der Waals surface area contributed by atoms with Gasteiger partial charge < -0.3 is 10.0 Å². The van der Waals surface area contributed by atoms with E-state index in [1.54, 1.807) is 6.20 Å². The van der Waals surface area contributed by atoms with E-state index in [0.717, 1.165) is 12.1 Å². The topological polar surface area (TPSA) is 36.4 Å². The molecule has 0 bridgehead atoms. The average Bonchev–Trinajstić information content (AvgIpc) is 2.26. The van der Waals surface area contributed by atoms with Crippen molar-refractivity contribution in [3.63, 3.8) is 0 Å². The molecule has 3 nitrogen and oxygen atoms in total. The molecule has 0 saturated heterocycles. The van der Waals surface area contributed by atoms with Crippen LogP contribution in [0, 0.1) is 5.92 Å². The molecule has 1 aromatic heterocycles. The number of aliphatic hydroxyl groups excluding tert-OH is 1. The van der Waals surface area contributed by atoms with Gasteiger partial charge in [-0.3, -0.25) is 4.98 Å². The number of aromatic nitrogens is 1. The molecule has 0 fully saturated rings. The lowest BCUT2D eigenvalue weighted by Crippen LogP contribution is -2.29. The summed E-state index contributed by atoms with van der Waals surface area (Å²) in [7, 11) is 4.05. The highest BCUT2D eigenvalue weighted by atomic mass is 16.3. The van der Waals surface area contributed by atoms with Crippen LogP contribution in [0.2, 0.25) is 0 Å². The number of pyridine rings is 1. The Kier molecular flexibility index (Phi) is 4.72. The van der Waals surface area contributed by atoms with Crippen LogP contribution in [-0.4, -0.2) is 35.7 Å². The zero-order chi connectivity index (χ0) is 11.3. The molecule has 0 amide bonds. The van der Waals surface area contributed by atoms with E-state index in [1.807, 2.05) is 32.3 Å². The summed E-state index contributed by atoms with van der Waals surface area (Å²) in [5, 5.41) is 9.35. The lowest BCUT2D eigenvalue weighted by Gasteiger charge is -2.30. The molecule has 0 aliphatic carbocycles. The van der Waals surface area contributed by atoms with Crippen LogP contribution in [0.3, 0.4) is 0 Å². The van der Waals surface area contributed by atoms with E-state index in [-0.39, 0.29) is 18.6 Å². The Morgan fingerprint density at radius 3 is 2.53 bits per heavy atom. The quantitative estimate of drug-likeness (QED) is 0.800. The molecule has 0 aliphatic heterocycles. The Morgan fingerprint density at radius 2 is 2.13 bits per heavy atom. The highest BCUT2D eigenvalue weighted by Gasteiger charge is 2.23. The first-order valence-corrected chi connectivity index (χ1v) is 5.38. The fourth-order valence-electron chi connectivity index (χ4n) is 1.93. The fourth-order valence-corrected chi connectivity index (χ4v) is 1.93. The summed E-state index contributed by atoms with van der Waals surface area (Å²) in [6.45, 7) is 2.30. The molecule has 1 heterocycles. The van der Waals surface area contributed by atoms with Gasteiger partial charge >= 0.3 is 0 Å². The van der Waals surface area contributed by atoms with Crippen LogP contribution in [0.1, 0.15) is 25.1 Å². The molecule has 84 valence electrons. The predicted molar refractivity (Wildman–Crippen MR) is 61.5 cm³/mol. The van der Waals surface area contributed by atoms with E-state index in [2.05, 4.69) is 16.8 Å². The Labute approximate surface area is 91.8 Å². The largest absolute Gasteiger partial charge is 0.396 e. The minimum absolute atomic E-state index is 0.196. The molecule has 15 heavy (non-hydrogen) atoms. The molecule has 2 unspecified atom stereocenters. The van der Waals surface area contributed by atoms with E-state index in [4.69, 9.17) is 0 Å². The maximum atomic E-state index is 9.35. The van der Waals surface area contributed by atoms with Gasteiger partial charge in [0.05, 0.1) is 11.7 Å². The molecule has 3 heteroatoms. The standard InChI is InChI=1S/C12H20N2O/c1-4-10(9-15)12(14(2)3)11-7-5-6-8-13-11/h5-8,10,12,15H,4,9H2,1-3H3. The molecule has 0 saturated carbocycles. The van der Waals surface area contributed by atoms with Crippen molar-refractivity contribution in [3.8, 4) is 0 Å². The second-order valence-electron chi connectivity index (χ2n) is 4.01. The summed E-state index contributed by atoms with van der Waals surface area (Å²) < 4.78 is 0. The normalized spacial score (nSPS) is 15.3. The zero-order valence-electron chi connectivity index (χ0n) is 9.72. The number of rotatable bonds is 5. The second kappa shape index (κ2) is 5.83. The summed E-state index contributed by atoms with van der Waals surface area (Å²) >= 11 is 0. The Balaban J connectivity index is 2.92. The molecule has 0 aromatic carbocycles. The Bertz CT molecular complexity index is 270. The van der Waals surface area contributed by atoms with Gasteiger partial charge in [0.1, 0.15) is 0 Å². The summed E-state index contributed by atoms with van der Waals surface area (Å²) in [4.78, 5) is 6.48. The fraction of sp³-hybridized carbons (Fsp3) is 0.583. The molecular weight excluding hydrogens is 188 g/mol. The number of nitrogens with zero attached hydrogens (tertiary/aromatic N) is 2. The maximum absolute atomic E-state index is 9.35. The van der Waals surface area contributed by atoms with Gasteiger partial charge in [-0.1, -0.05) is 13.0 Å². The minimum Gasteiger partial charge on any atom is -0.396 e. The van der Waals surface area contributed by atoms with Crippen LogP contribution in [0.25, 0.3) is 0 Å². The zero-order valence-corrected chi connectivity index (χ0v) is 9.72. The molecule has 0 aliphatic rings. The first-order chi connectivity index (χ1) is 7.20. The first kappa shape index (κ1) is 12.1. The van der Waals surface area contributed by atoms with Crippen molar-refractivity contribution in [1.29, 1.82) is 0 Å². The van der Waals surface area contributed by atoms with Gasteiger partial charge in [-0.25, -0.2) is 0 Å². The van der Waals surface area contributed by atoms with Crippen molar-refractivity contribution < 1.29 is 5.11 Å². The van der Waals surface area contributed by atoms with Crippen LogP contribution >= 0.6 is 0 Å². The number of hydrogen-bond acceptors (Lipinski definition) is 3. The van der Waals surface area contributed by atoms with Gasteiger partial charge in [0.2, 0.25) is 0 Å². The maximum Gasteiger partial charge on any atom is 0.0578 e. The van der Waals surface area contributed by atoms with Crippen LogP contribution in [0.5, 0.6) is 0 Å². The molecule has 0 spiro atoms. The van der Waals surface area contributed by atoms with Crippen molar-refractivity contribution in [3.05, 3.63) is 30.1 Å². The van der Waals surface area contributed by atoms with Crippen molar-refractivity contribution in [2.45, 2.75) is 19.4 Å². The van der Waals surface area contributed by atoms with Gasteiger partial charge in [-0.15, -0.1) is 0 Å². The third-order valence-electron chi connectivity index (χ3n) is 2.75. The average molecular weight is 208 g/mol. The number of hydrogen-bond donors (Lipinski definition) is 1. The van der Waals surface area contributed by atoms with Gasteiger partial charge in [-0.05, 0) is 32.6 Å². The SMILES string of the molecule is CCC(CO)C(c1ccccn1)N(C)C. The minimum atomic E-state index is 0.196. The molecule has 0 radical (unpaired) electrons. The van der Waals surface area contributed by atoms with Crippen LogP contribution < -0.4 is 0 Å². The summed E-state index contributed by atoms with van der Waals surface area (Å²) in [5.74, 6) is 0.245. The van der Waals surface area contributed by atoms with Gasteiger partial charge in [0, 0.05) is 18.7 Å². The highest BCUT2D eigenvalue weighted by Crippen LogP contribution is 2.26. The van der Waals surface area contributed by atoms with E-state index in [1.165, 1.54) is 0 Å². The van der Waals surface area contributed by atoms with E-state index in [0.29, 0.717) is 0 Å². The number of aliphatic hydroxyl groups is 1. The van der Waals surface area contributed by atoms with Gasteiger partial charge in [0.25, 0.3) is 0 Å². The predicted octanol–water partition coefficient (Wildman–Crippen LogP) is 1.70. The van der Waals surface area contributed by atoms with Crippen molar-refractivity contribution in [2.75, 3.05) is 20.7 Å². The van der Waals surface area contributed by atoms with Crippen LogP contribution in [0.15, 0.2) is 24.4 Å². The smallest absolute Gasteiger partial charge is 0.0578 e. The Hall–Kier alpha value is -0.930. The van der Waals surface area contributed by atoms with E-state index >= 15 is 0 Å². The van der Waals surface area contributed by atoms with E-state index < -0.39 is 0 Å². The van der Waals surface area contributed by atoms with Crippen molar-refractivity contribution in [1.82, 2.24) is 9.88 Å². The van der Waals surface area contributed by atoms with Crippen molar-refractivity contribution in [2.24, 2.45) is 5.92 Å². The van der Waals surface area contributed by atoms with Gasteiger partial charge in [-0.2, -0.15) is 0 Å². The molecule has 1 N–H and O–H groups in total. The van der Waals surface area contributed by atoms with Crippen LogP contribution in [0.4, 0.5) is 0 Å². The molecule has 2 atom stereocenters. The summed E-state index contributed by atoms with van der Waals surface area (Å²) in [5.41, 5.74) is 1.03. The third-order valence-corrected chi connectivity index (χ3v) is 2.75.